The summed E-state index contributed by atoms with van der Waals surface area (Å²) in [7, 11) is 0. The first-order valence-electron chi connectivity index (χ1n) is 19.3. The predicted octanol–water partition coefficient (Wildman–Crippen LogP) is 14.3. The third kappa shape index (κ3) is 8.99. The van der Waals surface area contributed by atoms with E-state index in [0.717, 1.165) is 29.8 Å². The van der Waals surface area contributed by atoms with Crippen molar-refractivity contribution in [3.05, 3.63) is 108 Å². The predicted molar refractivity (Wildman–Crippen MR) is 207 cm³/mol. The lowest BCUT2D eigenvalue weighted by atomic mass is 9.70. The SMILES string of the molecule is CCCCCCCCCCC1(CCCCCCCCCC)c2cc(C#N)ccc2-c2ccc(-c3ccccc3Nc3ccccc3)cc21. The van der Waals surface area contributed by atoms with Gasteiger partial charge in [-0.15, -0.1) is 0 Å². The Labute approximate surface area is 292 Å². The average molecular weight is 639 g/mol. The van der Waals surface area contributed by atoms with Crippen molar-refractivity contribution in [1.29, 1.82) is 5.26 Å². The summed E-state index contributed by atoms with van der Waals surface area (Å²) < 4.78 is 0. The number of hydrogen-bond donors (Lipinski definition) is 1. The zero-order chi connectivity index (χ0) is 33.4. The van der Waals surface area contributed by atoms with Gasteiger partial charge in [-0.1, -0.05) is 171 Å². The Hall–Kier alpha value is -3.83. The summed E-state index contributed by atoms with van der Waals surface area (Å²) in [6.45, 7) is 4.59. The highest BCUT2D eigenvalue weighted by atomic mass is 14.9. The standard InChI is InChI=1S/C46H58N2/c1-3-5-7-9-11-13-15-22-32-46(33-23-16-14-12-10-8-6-4-2)43-34-37(36-47)28-30-41(43)42-31-29-38(35-44(42)46)40-26-20-21-27-45(40)48-39-24-18-17-19-25-39/h17-21,24-31,34-35,48H,3-16,22-23,32-33H2,1-2H3. The van der Waals surface area contributed by atoms with Crippen LogP contribution in [0, 0.1) is 11.3 Å². The topological polar surface area (TPSA) is 35.8 Å². The van der Waals surface area contributed by atoms with Gasteiger partial charge in [-0.25, -0.2) is 0 Å². The van der Waals surface area contributed by atoms with Crippen molar-refractivity contribution in [3.8, 4) is 28.3 Å². The minimum atomic E-state index is -0.0558. The van der Waals surface area contributed by atoms with Crippen molar-refractivity contribution in [3.63, 3.8) is 0 Å². The Bertz CT molecular complexity index is 1570. The molecule has 0 heterocycles. The fourth-order valence-electron chi connectivity index (χ4n) is 8.04. The maximum atomic E-state index is 10.0. The van der Waals surface area contributed by atoms with E-state index in [-0.39, 0.29) is 5.41 Å². The second-order valence-corrected chi connectivity index (χ2v) is 14.2. The third-order valence-electron chi connectivity index (χ3n) is 10.7. The number of nitrogens with one attached hydrogen (secondary N) is 1. The first kappa shape index (κ1) is 35.5. The number of anilines is 2. The summed E-state index contributed by atoms with van der Waals surface area (Å²) in [6.07, 6.45) is 23.5. The quantitative estimate of drug-likeness (QED) is 0.0922. The van der Waals surface area contributed by atoms with E-state index in [2.05, 4.69) is 110 Å². The summed E-state index contributed by atoms with van der Waals surface area (Å²) in [5.41, 5.74) is 11.0. The third-order valence-corrected chi connectivity index (χ3v) is 10.7. The largest absolute Gasteiger partial charge is 0.355 e. The van der Waals surface area contributed by atoms with Gasteiger partial charge in [0.1, 0.15) is 0 Å². The number of para-hydroxylation sites is 2. The normalized spacial score (nSPS) is 12.8. The molecule has 4 aromatic rings. The van der Waals surface area contributed by atoms with Crippen molar-refractivity contribution in [2.24, 2.45) is 0 Å². The van der Waals surface area contributed by atoms with Gasteiger partial charge in [0.2, 0.25) is 0 Å². The maximum Gasteiger partial charge on any atom is 0.0991 e. The van der Waals surface area contributed by atoms with E-state index < -0.39 is 0 Å². The monoisotopic (exact) mass is 638 g/mol. The number of hydrogen-bond acceptors (Lipinski definition) is 2. The number of unbranched alkanes of at least 4 members (excludes halogenated alkanes) is 14. The molecule has 2 nitrogen and oxygen atoms in total. The van der Waals surface area contributed by atoms with Crippen LogP contribution in [0.25, 0.3) is 22.3 Å². The summed E-state index contributed by atoms with van der Waals surface area (Å²) >= 11 is 0. The Kier molecular flexibility index (Phi) is 13.8. The highest BCUT2D eigenvalue weighted by Gasteiger charge is 2.42. The molecule has 1 N–H and O–H groups in total. The Morgan fingerprint density at radius 3 is 1.65 bits per heavy atom. The fraction of sp³-hybridized carbons (Fsp3) is 0.457. The van der Waals surface area contributed by atoms with E-state index in [4.69, 9.17) is 0 Å². The van der Waals surface area contributed by atoms with E-state index in [0.29, 0.717) is 0 Å². The molecular weight excluding hydrogens is 581 g/mol. The first-order valence-corrected chi connectivity index (χ1v) is 19.3. The molecule has 0 amide bonds. The van der Waals surface area contributed by atoms with Crippen LogP contribution in [0.3, 0.4) is 0 Å². The molecular formula is C46H58N2. The Morgan fingerprint density at radius 1 is 0.521 bits per heavy atom. The minimum Gasteiger partial charge on any atom is -0.355 e. The van der Waals surface area contributed by atoms with Crippen LogP contribution in [0.4, 0.5) is 11.4 Å². The molecule has 0 atom stereocenters. The van der Waals surface area contributed by atoms with Gasteiger partial charge in [-0.2, -0.15) is 5.26 Å². The smallest absolute Gasteiger partial charge is 0.0991 e. The fourth-order valence-corrected chi connectivity index (χ4v) is 8.04. The zero-order valence-corrected chi connectivity index (χ0v) is 29.8. The number of nitriles is 1. The van der Waals surface area contributed by atoms with Crippen LogP contribution in [0.2, 0.25) is 0 Å². The molecule has 5 rings (SSSR count). The van der Waals surface area contributed by atoms with E-state index in [1.165, 1.54) is 136 Å². The summed E-state index contributed by atoms with van der Waals surface area (Å²) in [6, 6.07) is 35.4. The van der Waals surface area contributed by atoms with Crippen molar-refractivity contribution in [2.45, 2.75) is 135 Å². The number of benzene rings is 4. The van der Waals surface area contributed by atoms with Gasteiger partial charge >= 0.3 is 0 Å². The lowest BCUT2D eigenvalue weighted by Crippen LogP contribution is -2.25. The van der Waals surface area contributed by atoms with Gasteiger partial charge in [-0.3, -0.25) is 0 Å². The van der Waals surface area contributed by atoms with Gasteiger partial charge in [0.25, 0.3) is 0 Å². The average Bonchev–Trinajstić information content (AvgIpc) is 3.39. The number of rotatable bonds is 21. The molecule has 48 heavy (non-hydrogen) atoms. The molecule has 0 spiro atoms. The van der Waals surface area contributed by atoms with Gasteiger partial charge in [0.05, 0.1) is 11.6 Å². The lowest BCUT2D eigenvalue weighted by molar-refractivity contribution is 0.397. The molecule has 2 heteroatoms. The Morgan fingerprint density at radius 2 is 1.04 bits per heavy atom. The zero-order valence-electron chi connectivity index (χ0n) is 29.8. The Balaban J connectivity index is 1.46. The maximum absolute atomic E-state index is 10.0. The molecule has 252 valence electrons. The van der Waals surface area contributed by atoms with E-state index >= 15 is 0 Å². The van der Waals surface area contributed by atoms with Crippen LogP contribution in [-0.4, -0.2) is 0 Å². The molecule has 0 fully saturated rings. The molecule has 0 saturated carbocycles. The number of nitrogens with zero attached hydrogens (tertiary/aromatic N) is 1. The summed E-state index contributed by atoms with van der Waals surface area (Å²) in [5.74, 6) is 0. The molecule has 1 aliphatic rings. The van der Waals surface area contributed by atoms with Crippen LogP contribution in [0.15, 0.2) is 91.0 Å². The minimum absolute atomic E-state index is 0.0558. The molecule has 0 aliphatic heterocycles. The van der Waals surface area contributed by atoms with Crippen molar-refractivity contribution >= 4 is 11.4 Å². The van der Waals surface area contributed by atoms with E-state index in [1.54, 1.807) is 0 Å². The van der Waals surface area contributed by atoms with Crippen LogP contribution in [-0.2, 0) is 5.41 Å². The molecule has 4 aromatic carbocycles. The van der Waals surface area contributed by atoms with Gasteiger partial charge in [0, 0.05) is 22.4 Å². The van der Waals surface area contributed by atoms with Gasteiger partial charge in [-0.05, 0) is 77.1 Å². The van der Waals surface area contributed by atoms with Crippen LogP contribution < -0.4 is 5.32 Å². The van der Waals surface area contributed by atoms with Gasteiger partial charge < -0.3 is 5.32 Å². The molecule has 0 radical (unpaired) electrons. The molecule has 0 bridgehead atoms. The van der Waals surface area contributed by atoms with Gasteiger partial charge in [0.15, 0.2) is 0 Å². The van der Waals surface area contributed by atoms with Crippen LogP contribution >= 0.6 is 0 Å². The molecule has 0 unspecified atom stereocenters. The summed E-state index contributed by atoms with van der Waals surface area (Å²) in [4.78, 5) is 0. The highest BCUT2D eigenvalue weighted by Crippen LogP contribution is 2.55. The van der Waals surface area contributed by atoms with Crippen LogP contribution in [0.5, 0.6) is 0 Å². The first-order chi connectivity index (χ1) is 23.7. The van der Waals surface area contributed by atoms with E-state index in [1.807, 2.05) is 6.07 Å². The highest BCUT2D eigenvalue weighted by molar-refractivity contribution is 5.87. The second-order valence-electron chi connectivity index (χ2n) is 14.2. The lowest BCUT2D eigenvalue weighted by Gasteiger charge is -2.33. The van der Waals surface area contributed by atoms with E-state index in [9.17, 15) is 5.26 Å². The second kappa shape index (κ2) is 18.6. The van der Waals surface area contributed by atoms with Crippen molar-refractivity contribution < 1.29 is 0 Å². The molecule has 0 saturated heterocycles. The van der Waals surface area contributed by atoms with Crippen molar-refractivity contribution in [2.75, 3.05) is 5.32 Å². The van der Waals surface area contributed by atoms with Crippen LogP contribution in [0.1, 0.15) is 146 Å². The molecule has 1 aliphatic carbocycles. The molecule has 0 aromatic heterocycles. The van der Waals surface area contributed by atoms with Crippen molar-refractivity contribution in [1.82, 2.24) is 0 Å². The summed E-state index contributed by atoms with van der Waals surface area (Å²) in [5, 5.41) is 13.7. The number of fused-ring (bicyclic) bond motifs is 3.